The van der Waals surface area contributed by atoms with Crippen molar-refractivity contribution in [3.8, 4) is 10.7 Å². The molecule has 0 aliphatic rings. The molecule has 0 aliphatic heterocycles. The van der Waals surface area contributed by atoms with Gasteiger partial charge >= 0.3 is 0 Å². The van der Waals surface area contributed by atoms with Crippen molar-refractivity contribution in [2.45, 2.75) is 19.8 Å². The highest BCUT2D eigenvalue weighted by Crippen LogP contribution is 2.27. The Bertz CT molecular complexity index is 692. The number of nitrogens with zero attached hydrogens (tertiary/aromatic N) is 2. The topological polar surface area (TPSA) is 37.8 Å². The van der Waals surface area contributed by atoms with Gasteiger partial charge in [0.05, 0.1) is 10.4 Å². The van der Waals surface area contributed by atoms with E-state index in [1.54, 1.807) is 11.3 Å². The molecule has 0 atom stereocenters. The van der Waals surface area contributed by atoms with Gasteiger partial charge in [-0.05, 0) is 30.0 Å². The van der Waals surface area contributed by atoms with Crippen LogP contribution in [-0.2, 0) is 0 Å². The van der Waals surface area contributed by atoms with E-state index < -0.39 is 0 Å². The molecule has 0 spiro atoms. The first-order valence-corrected chi connectivity index (χ1v) is 7.81. The average Bonchev–Trinajstić information content (AvgIpc) is 3.01. The Kier molecular flexibility index (Phi) is 3.92. The first-order valence-electron chi connectivity index (χ1n) is 6.93. The van der Waals surface area contributed by atoms with Crippen LogP contribution in [0.2, 0.25) is 0 Å². The van der Waals surface area contributed by atoms with Crippen molar-refractivity contribution < 1.29 is 0 Å². The van der Waals surface area contributed by atoms with Gasteiger partial charge in [-0.25, -0.2) is 9.97 Å². The van der Waals surface area contributed by atoms with Crippen LogP contribution < -0.4 is 5.32 Å². The van der Waals surface area contributed by atoms with Gasteiger partial charge in [-0.3, -0.25) is 0 Å². The number of nitrogens with one attached hydrogen (secondary N) is 1. The maximum Gasteiger partial charge on any atom is 0.172 e. The number of benzene rings is 1. The molecule has 0 saturated heterocycles. The van der Waals surface area contributed by atoms with Gasteiger partial charge in [0.2, 0.25) is 0 Å². The molecule has 0 fully saturated rings. The third-order valence-corrected chi connectivity index (χ3v) is 4.03. The lowest BCUT2D eigenvalue weighted by molar-refractivity contribution is 0.832. The second-order valence-corrected chi connectivity index (χ2v) is 5.62. The zero-order chi connectivity index (χ0) is 13.8. The molecular weight excluding hydrogens is 266 g/mol. The minimum atomic E-state index is 0.803. The number of hydrogen-bond donors (Lipinski definition) is 1. The number of anilines is 1. The summed E-state index contributed by atoms with van der Waals surface area (Å²) in [5.74, 6) is 1.74. The molecule has 102 valence electrons. The molecule has 0 bridgehead atoms. The van der Waals surface area contributed by atoms with Crippen molar-refractivity contribution in [3.05, 3.63) is 41.8 Å². The van der Waals surface area contributed by atoms with Crippen LogP contribution in [0.3, 0.4) is 0 Å². The van der Waals surface area contributed by atoms with Crippen LogP contribution in [0.1, 0.15) is 19.8 Å². The summed E-state index contributed by atoms with van der Waals surface area (Å²) in [5, 5.41) is 6.59. The summed E-state index contributed by atoms with van der Waals surface area (Å²) in [6.07, 6.45) is 2.32. The summed E-state index contributed by atoms with van der Waals surface area (Å²) in [6, 6.07) is 12.2. The summed E-state index contributed by atoms with van der Waals surface area (Å²) in [6.45, 7) is 3.14. The Morgan fingerprint density at radius 3 is 2.80 bits per heavy atom. The fraction of sp³-hybridized carbons (Fsp3) is 0.250. The number of para-hydroxylation sites is 1. The van der Waals surface area contributed by atoms with Crippen molar-refractivity contribution in [1.82, 2.24) is 9.97 Å². The van der Waals surface area contributed by atoms with Gasteiger partial charge in [0, 0.05) is 11.9 Å². The monoisotopic (exact) mass is 283 g/mol. The summed E-state index contributed by atoms with van der Waals surface area (Å²) in [5.41, 5.74) is 0.991. The maximum atomic E-state index is 4.70. The third kappa shape index (κ3) is 2.65. The lowest BCUT2D eigenvalue weighted by atomic mass is 10.2. The lowest BCUT2D eigenvalue weighted by Crippen LogP contribution is -2.05. The number of aromatic nitrogens is 2. The molecule has 1 N–H and O–H groups in total. The van der Waals surface area contributed by atoms with Crippen LogP contribution in [0, 0.1) is 0 Å². The predicted octanol–water partition coefficient (Wildman–Crippen LogP) is 4.57. The molecule has 2 aromatic heterocycles. The van der Waals surface area contributed by atoms with Crippen molar-refractivity contribution in [1.29, 1.82) is 0 Å². The SMILES string of the molecule is CCCCNc1nc(-c2cccs2)nc2ccccc12. The molecule has 0 aliphatic carbocycles. The number of thiophene rings is 1. The largest absolute Gasteiger partial charge is 0.369 e. The fourth-order valence-electron chi connectivity index (χ4n) is 2.11. The Balaban J connectivity index is 2.05. The van der Waals surface area contributed by atoms with Crippen LogP contribution in [-0.4, -0.2) is 16.5 Å². The number of hydrogen-bond acceptors (Lipinski definition) is 4. The van der Waals surface area contributed by atoms with Gasteiger partial charge in [-0.1, -0.05) is 31.5 Å². The highest BCUT2D eigenvalue weighted by Gasteiger charge is 2.09. The minimum absolute atomic E-state index is 0.803. The minimum Gasteiger partial charge on any atom is -0.369 e. The number of unbranched alkanes of at least 4 members (excludes halogenated alkanes) is 1. The van der Waals surface area contributed by atoms with Gasteiger partial charge < -0.3 is 5.32 Å². The van der Waals surface area contributed by atoms with Gasteiger partial charge in [-0.2, -0.15) is 0 Å². The van der Waals surface area contributed by atoms with E-state index in [4.69, 9.17) is 4.98 Å². The lowest BCUT2D eigenvalue weighted by Gasteiger charge is -2.09. The van der Waals surface area contributed by atoms with E-state index in [1.165, 1.54) is 6.42 Å². The van der Waals surface area contributed by atoms with Crippen molar-refractivity contribution in [2.24, 2.45) is 0 Å². The molecule has 20 heavy (non-hydrogen) atoms. The predicted molar refractivity (Wildman–Crippen MR) is 86.2 cm³/mol. The molecule has 0 amide bonds. The van der Waals surface area contributed by atoms with Crippen LogP contribution in [0.15, 0.2) is 41.8 Å². The van der Waals surface area contributed by atoms with Gasteiger partial charge in [0.25, 0.3) is 0 Å². The first kappa shape index (κ1) is 13.1. The summed E-state index contributed by atoms with van der Waals surface area (Å²) >= 11 is 1.67. The van der Waals surface area contributed by atoms with Gasteiger partial charge in [0.15, 0.2) is 5.82 Å². The molecule has 3 nitrogen and oxygen atoms in total. The Labute approximate surface area is 122 Å². The quantitative estimate of drug-likeness (QED) is 0.697. The van der Waals surface area contributed by atoms with E-state index in [0.717, 1.165) is 40.4 Å². The molecule has 2 heterocycles. The van der Waals surface area contributed by atoms with E-state index in [2.05, 4.69) is 34.7 Å². The van der Waals surface area contributed by atoms with E-state index in [0.29, 0.717) is 0 Å². The van der Waals surface area contributed by atoms with E-state index in [1.807, 2.05) is 24.3 Å². The maximum absolute atomic E-state index is 4.70. The van der Waals surface area contributed by atoms with Crippen LogP contribution in [0.5, 0.6) is 0 Å². The molecule has 0 unspecified atom stereocenters. The molecule has 3 rings (SSSR count). The fourth-order valence-corrected chi connectivity index (χ4v) is 2.77. The van der Waals surface area contributed by atoms with Crippen LogP contribution >= 0.6 is 11.3 Å². The molecule has 0 radical (unpaired) electrons. The van der Waals surface area contributed by atoms with Crippen LogP contribution in [0.4, 0.5) is 5.82 Å². The molecule has 3 aromatic rings. The number of fused-ring (bicyclic) bond motifs is 1. The summed E-state index contributed by atoms with van der Waals surface area (Å²) in [4.78, 5) is 10.5. The number of rotatable bonds is 5. The van der Waals surface area contributed by atoms with Crippen molar-refractivity contribution in [3.63, 3.8) is 0 Å². The summed E-state index contributed by atoms with van der Waals surface area (Å²) < 4.78 is 0. The van der Waals surface area contributed by atoms with E-state index >= 15 is 0 Å². The molecule has 1 aromatic carbocycles. The highest BCUT2D eigenvalue weighted by atomic mass is 32.1. The first-order chi connectivity index (χ1) is 9.88. The summed E-state index contributed by atoms with van der Waals surface area (Å²) in [7, 11) is 0. The zero-order valence-electron chi connectivity index (χ0n) is 11.5. The standard InChI is InChI=1S/C16H17N3S/c1-2-3-10-17-15-12-7-4-5-8-13(12)18-16(19-15)14-9-6-11-20-14/h4-9,11H,2-3,10H2,1H3,(H,17,18,19). The van der Waals surface area contributed by atoms with E-state index in [9.17, 15) is 0 Å². The van der Waals surface area contributed by atoms with E-state index in [-0.39, 0.29) is 0 Å². The zero-order valence-corrected chi connectivity index (χ0v) is 12.3. The molecule has 4 heteroatoms. The Hall–Kier alpha value is -1.94. The second-order valence-electron chi connectivity index (χ2n) is 4.67. The molecular formula is C16H17N3S. The Morgan fingerprint density at radius 2 is 2.00 bits per heavy atom. The highest BCUT2D eigenvalue weighted by molar-refractivity contribution is 7.13. The van der Waals surface area contributed by atoms with Crippen molar-refractivity contribution in [2.75, 3.05) is 11.9 Å². The third-order valence-electron chi connectivity index (χ3n) is 3.17. The average molecular weight is 283 g/mol. The van der Waals surface area contributed by atoms with Gasteiger partial charge in [-0.15, -0.1) is 11.3 Å². The molecule has 0 saturated carbocycles. The van der Waals surface area contributed by atoms with Crippen LogP contribution in [0.25, 0.3) is 21.6 Å². The Morgan fingerprint density at radius 1 is 1.10 bits per heavy atom. The normalized spacial score (nSPS) is 10.8. The van der Waals surface area contributed by atoms with Gasteiger partial charge in [0.1, 0.15) is 5.82 Å². The second kappa shape index (κ2) is 6.01. The van der Waals surface area contributed by atoms with Crippen molar-refractivity contribution >= 4 is 28.1 Å². The smallest absolute Gasteiger partial charge is 0.172 e.